The molecule has 0 atom stereocenters. The van der Waals surface area contributed by atoms with Crippen molar-refractivity contribution < 1.29 is 5.11 Å². The Morgan fingerprint density at radius 3 is 2.45 bits per heavy atom. The van der Waals surface area contributed by atoms with Gasteiger partial charge in [-0.05, 0) is 48.4 Å². The number of allylic oxidation sites excluding steroid dienone is 3. The first-order valence-electron chi connectivity index (χ1n) is 9.88. The number of benzene rings is 2. The Kier molecular flexibility index (Phi) is 8.87. The topological polar surface area (TPSA) is 38.0 Å². The van der Waals surface area contributed by atoms with Gasteiger partial charge in [0.15, 0.2) is 0 Å². The lowest BCUT2D eigenvalue weighted by molar-refractivity contribution is 0.399. The van der Waals surface area contributed by atoms with E-state index in [0.717, 1.165) is 25.6 Å². The summed E-state index contributed by atoms with van der Waals surface area (Å²) < 4.78 is 2.36. The van der Waals surface area contributed by atoms with Crippen molar-refractivity contribution in [1.82, 2.24) is 9.55 Å². The number of aromatic nitrogens is 2. The number of rotatable bonds is 4. The zero-order chi connectivity index (χ0) is 21.1. The Bertz CT molecular complexity index is 1060. The Morgan fingerprint density at radius 1 is 1.03 bits per heavy atom. The molecule has 0 aliphatic heterocycles. The van der Waals surface area contributed by atoms with E-state index in [-0.39, 0.29) is 0 Å². The molecule has 4 rings (SSSR count). The Balaban J connectivity index is 0.000000449. The average molecular weight is 387 g/mol. The molecule has 0 unspecified atom stereocenters. The molecule has 0 aliphatic rings. The van der Waals surface area contributed by atoms with Crippen LogP contribution in [0, 0.1) is 0 Å². The lowest BCUT2D eigenvalue weighted by Gasteiger charge is -2.08. The van der Waals surface area contributed by atoms with E-state index in [1.165, 1.54) is 27.4 Å². The quantitative estimate of drug-likeness (QED) is 0.400. The summed E-state index contributed by atoms with van der Waals surface area (Å²) in [4.78, 5) is 4.28. The van der Waals surface area contributed by atoms with Gasteiger partial charge < -0.3 is 9.67 Å². The molecule has 2 aromatic heterocycles. The highest BCUT2D eigenvalue weighted by atomic mass is 16.2. The highest BCUT2D eigenvalue weighted by Crippen LogP contribution is 2.32. The summed E-state index contributed by atoms with van der Waals surface area (Å²) in [5.41, 5.74) is 3.63. The zero-order valence-electron chi connectivity index (χ0n) is 17.5. The first-order chi connectivity index (χ1) is 14.3. The highest BCUT2D eigenvalue weighted by Gasteiger charge is 2.12. The fourth-order valence-electron chi connectivity index (χ4n) is 3.18. The van der Waals surface area contributed by atoms with Gasteiger partial charge in [-0.1, -0.05) is 55.5 Å². The SMILES string of the molecule is C/C=C/Cn1c(-c2cccnc2)cc2c3ccccc3ccc21.C=CCC.CO. The number of nitrogens with zero attached hydrogens (tertiary/aromatic N) is 2. The number of hydrogen-bond donors (Lipinski definition) is 1. The third-order valence-electron chi connectivity index (χ3n) is 4.58. The van der Waals surface area contributed by atoms with E-state index in [2.05, 4.69) is 90.7 Å². The van der Waals surface area contributed by atoms with Gasteiger partial charge in [0.05, 0.1) is 5.69 Å². The second-order valence-electron chi connectivity index (χ2n) is 6.37. The predicted octanol–water partition coefficient (Wildman–Crippen LogP) is 6.62. The van der Waals surface area contributed by atoms with Crippen molar-refractivity contribution in [2.45, 2.75) is 26.8 Å². The minimum Gasteiger partial charge on any atom is -0.400 e. The Hall–Kier alpha value is -3.17. The van der Waals surface area contributed by atoms with E-state index >= 15 is 0 Å². The lowest BCUT2D eigenvalue weighted by Crippen LogP contribution is -1.97. The first-order valence-corrected chi connectivity index (χ1v) is 9.88. The molecule has 0 amide bonds. The highest BCUT2D eigenvalue weighted by molar-refractivity contribution is 6.08. The third-order valence-corrected chi connectivity index (χ3v) is 4.58. The molecule has 0 aliphatic carbocycles. The number of fused-ring (bicyclic) bond motifs is 3. The van der Waals surface area contributed by atoms with Gasteiger partial charge in [0.1, 0.15) is 0 Å². The van der Waals surface area contributed by atoms with Crippen LogP contribution in [0.3, 0.4) is 0 Å². The molecule has 3 heteroatoms. The van der Waals surface area contributed by atoms with Crippen LogP contribution in [0.5, 0.6) is 0 Å². The van der Waals surface area contributed by atoms with Gasteiger partial charge in [0, 0.05) is 42.5 Å². The fraction of sp³-hybridized carbons (Fsp3) is 0.192. The molecule has 0 saturated carbocycles. The molecule has 150 valence electrons. The molecular formula is C26H30N2O. The van der Waals surface area contributed by atoms with E-state index in [4.69, 9.17) is 5.11 Å². The summed E-state index contributed by atoms with van der Waals surface area (Å²) in [6.45, 7) is 8.47. The third kappa shape index (κ3) is 5.21. The molecule has 0 radical (unpaired) electrons. The normalized spacial score (nSPS) is 10.3. The molecule has 0 fully saturated rings. The van der Waals surface area contributed by atoms with Crippen molar-refractivity contribution in [2.24, 2.45) is 0 Å². The van der Waals surface area contributed by atoms with Gasteiger partial charge >= 0.3 is 0 Å². The van der Waals surface area contributed by atoms with E-state index in [9.17, 15) is 0 Å². The molecule has 0 saturated heterocycles. The summed E-state index contributed by atoms with van der Waals surface area (Å²) in [6, 6.07) is 19.4. The van der Waals surface area contributed by atoms with E-state index in [0.29, 0.717) is 0 Å². The molecule has 0 bridgehead atoms. The number of aliphatic hydroxyl groups is 1. The first kappa shape index (κ1) is 22.1. The summed E-state index contributed by atoms with van der Waals surface area (Å²) in [5.74, 6) is 0. The Morgan fingerprint density at radius 2 is 1.79 bits per heavy atom. The Labute approximate surface area is 173 Å². The standard InChI is InChI=1S/C21H18N2.C4H8.CH4O/c1-2-3-13-23-20-11-10-16-7-4-5-9-18(16)19(20)14-21(23)17-8-6-12-22-15-17;1-3-4-2;1-2/h2-12,14-15H,13H2,1H3;3H,1,4H2,2H3;2H,1H3/b3-2+;;. The van der Waals surface area contributed by atoms with Crippen molar-refractivity contribution in [3.8, 4) is 11.3 Å². The molecule has 1 N–H and O–H groups in total. The maximum Gasteiger partial charge on any atom is 0.0510 e. The maximum atomic E-state index is 7.00. The number of pyridine rings is 1. The van der Waals surface area contributed by atoms with Gasteiger partial charge in [-0.3, -0.25) is 4.98 Å². The molecule has 29 heavy (non-hydrogen) atoms. The molecule has 0 spiro atoms. The van der Waals surface area contributed by atoms with Crippen LogP contribution in [-0.4, -0.2) is 21.8 Å². The van der Waals surface area contributed by atoms with Crippen LogP contribution < -0.4 is 0 Å². The van der Waals surface area contributed by atoms with Crippen LogP contribution in [0.2, 0.25) is 0 Å². The fourth-order valence-corrected chi connectivity index (χ4v) is 3.18. The van der Waals surface area contributed by atoms with E-state index < -0.39 is 0 Å². The average Bonchev–Trinajstić information content (AvgIpc) is 3.18. The summed E-state index contributed by atoms with van der Waals surface area (Å²) in [6.07, 6.45) is 11.0. The number of hydrogen-bond acceptors (Lipinski definition) is 2. The van der Waals surface area contributed by atoms with Crippen molar-refractivity contribution >= 4 is 21.7 Å². The van der Waals surface area contributed by atoms with Crippen LogP contribution in [0.4, 0.5) is 0 Å². The van der Waals surface area contributed by atoms with Crippen molar-refractivity contribution in [1.29, 1.82) is 0 Å². The molecule has 3 nitrogen and oxygen atoms in total. The van der Waals surface area contributed by atoms with Crippen molar-refractivity contribution in [2.75, 3.05) is 7.11 Å². The van der Waals surface area contributed by atoms with Gasteiger partial charge in [-0.25, -0.2) is 0 Å². The maximum absolute atomic E-state index is 7.00. The van der Waals surface area contributed by atoms with Crippen LogP contribution in [0.15, 0.2) is 91.8 Å². The zero-order valence-corrected chi connectivity index (χ0v) is 17.5. The predicted molar refractivity (Wildman–Crippen MR) is 126 cm³/mol. The lowest BCUT2D eigenvalue weighted by atomic mass is 10.1. The minimum atomic E-state index is 0.864. The largest absolute Gasteiger partial charge is 0.400 e. The summed E-state index contributed by atoms with van der Waals surface area (Å²) in [5, 5.41) is 10.9. The minimum absolute atomic E-state index is 0.864. The second-order valence-corrected chi connectivity index (χ2v) is 6.37. The molecule has 2 heterocycles. The van der Waals surface area contributed by atoms with E-state index in [1.54, 1.807) is 0 Å². The monoisotopic (exact) mass is 386 g/mol. The smallest absolute Gasteiger partial charge is 0.0510 e. The van der Waals surface area contributed by atoms with Gasteiger partial charge in [0.25, 0.3) is 0 Å². The van der Waals surface area contributed by atoms with Crippen LogP contribution in [0.1, 0.15) is 20.3 Å². The molecule has 4 aromatic rings. The van der Waals surface area contributed by atoms with Crippen molar-refractivity contribution in [3.63, 3.8) is 0 Å². The number of aliphatic hydroxyl groups excluding tert-OH is 1. The molecular weight excluding hydrogens is 356 g/mol. The van der Waals surface area contributed by atoms with Crippen LogP contribution >= 0.6 is 0 Å². The van der Waals surface area contributed by atoms with Crippen LogP contribution in [-0.2, 0) is 6.54 Å². The molecule has 2 aromatic carbocycles. The summed E-state index contributed by atoms with van der Waals surface area (Å²) >= 11 is 0. The van der Waals surface area contributed by atoms with Crippen molar-refractivity contribution in [3.05, 3.63) is 91.8 Å². The van der Waals surface area contributed by atoms with E-state index in [1.807, 2.05) is 24.5 Å². The van der Waals surface area contributed by atoms with Crippen LogP contribution in [0.25, 0.3) is 32.9 Å². The summed E-state index contributed by atoms with van der Waals surface area (Å²) in [7, 11) is 1.00. The van der Waals surface area contributed by atoms with Gasteiger partial charge in [0.2, 0.25) is 0 Å². The van der Waals surface area contributed by atoms with Gasteiger partial charge in [-0.2, -0.15) is 0 Å². The second kappa shape index (κ2) is 11.6. The van der Waals surface area contributed by atoms with Gasteiger partial charge in [-0.15, -0.1) is 6.58 Å².